The van der Waals surface area contributed by atoms with E-state index < -0.39 is 0 Å². The minimum atomic E-state index is 0.739. The number of allylic oxidation sites excluding steroid dienone is 2. The molecule has 0 saturated carbocycles. The number of fused-ring (bicyclic) bond motifs is 6. The standard InChI is InChI=1S/C14H14O.CH5N/c1-2-10-7-9(1)12-4-3-11-8-15-6-5-13(11)14(10)12;1-2/h3-4,7,10H,1-2,5-6,8H2;2H2,1H3. The monoisotopic (exact) mass is 229 g/mol. The minimum Gasteiger partial charge on any atom is -0.376 e. The Morgan fingerprint density at radius 3 is 3.00 bits per heavy atom. The molecule has 2 heteroatoms. The van der Waals surface area contributed by atoms with Gasteiger partial charge in [-0.2, -0.15) is 0 Å². The van der Waals surface area contributed by atoms with Crippen LogP contribution in [0.5, 0.6) is 0 Å². The average Bonchev–Trinajstić information content (AvgIpc) is 3.02. The maximum atomic E-state index is 5.52. The molecule has 1 aromatic carbocycles. The molecular weight excluding hydrogens is 210 g/mol. The molecule has 0 fully saturated rings. The van der Waals surface area contributed by atoms with E-state index in [2.05, 4.69) is 23.9 Å². The number of benzene rings is 1. The molecule has 1 aromatic rings. The van der Waals surface area contributed by atoms with Gasteiger partial charge in [0.25, 0.3) is 0 Å². The van der Waals surface area contributed by atoms with Crippen molar-refractivity contribution in [2.45, 2.75) is 31.8 Å². The van der Waals surface area contributed by atoms with E-state index in [1.54, 1.807) is 22.3 Å². The number of hydrogen-bond donors (Lipinski definition) is 1. The minimum absolute atomic E-state index is 0.739. The van der Waals surface area contributed by atoms with Crippen LogP contribution in [0.4, 0.5) is 0 Å². The number of ether oxygens (including phenoxy) is 1. The van der Waals surface area contributed by atoms with Crippen molar-refractivity contribution in [3.63, 3.8) is 0 Å². The van der Waals surface area contributed by atoms with Crippen LogP contribution in [-0.4, -0.2) is 13.7 Å². The van der Waals surface area contributed by atoms with Crippen LogP contribution in [-0.2, 0) is 17.8 Å². The fourth-order valence-corrected chi connectivity index (χ4v) is 3.37. The fraction of sp³-hybridized carbons (Fsp3) is 0.467. The van der Waals surface area contributed by atoms with Crippen molar-refractivity contribution in [3.05, 3.63) is 40.5 Å². The first-order chi connectivity index (χ1) is 8.43. The molecule has 1 heterocycles. The molecule has 1 atom stereocenters. The smallest absolute Gasteiger partial charge is 0.0719 e. The second-order valence-corrected chi connectivity index (χ2v) is 4.80. The van der Waals surface area contributed by atoms with E-state index >= 15 is 0 Å². The van der Waals surface area contributed by atoms with Gasteiger partial charge in [-0.1, -0.05) is 18.2 Å². The highest BCUT2D eigenvalue weighted by atomic mass is 16.5. The quantitative estimate of drug-likeness (QED) is 0.742. The van der Waals surface area contributed by atoms with E-state index in [1.807, 2.05) is 0 Å². The Hall–Kier alpha value is -1.12. The maximum Gasteiger partial charge on any atom is 0.0719 e. The summed E-state index contributed by atoms with van der Waals surface area (Å²) in [5, 5.41) is 0. The molecule has 0 amide bonds. The Labute approximate surface area is 102 Å². The normalized spacial score (nSPS) is 23.4. The van der Waals surface area contributed by atoms with E-state index in [4.69, 9.17) is 4.74 Å². The molecule has 0 saturated heterocycles. The summed E-state index contributed by atoms with van der Waals surface area (Å²) in [5.74, 6) is 0.739. The zero-order valence-corrected chi connectivity index (χ0v) is 10.3. The molecule has 0 aromatic heterocycles. The summed E-state index contributed by atoms with van der Waals surface area (Å²) in [6.45, 7) is 1.73. The summed E-state index contributed by atoms with van der Waals surface area (Å²) in [6, 6.07) is 4.59. The first kappa shape index (κ1) is 11.0. The van der Waals surface area contributed by atoms with E-state index in [0.717, 1.165) is 25.6 Å². The van der Waals surface area contributed by atoms with Crippen LogP contribution in [0.3, 0.4) is 0 Å². The largest absolute Gasteiger partial charge is 0.376 e. The van der Waals surface area contributed by atoms with Crippen LogP contribution < -0.4 is 5.73 Å². The van der Waals surface area contributed by atoms with Gasteiger partial charge in [-0.15, -0.1) is 0 Å². The van der Waals surface area contributed by atoms with E-state index in [9.17, 15) is 0 Å². The van der Waals surface area contributed by atoms with Gasteiger partial charge >= 0.3 is 0 Å². The zero-order chi connectivity index (χ0) is 11.8. The van der Waals surface area contributed by atoms with Crippen molar-refractivity contribution in [3.8, 4) is 0 Å². The van der Waals surface area contributed by atoms with Gasteiger partial charge in [-0.3, -0.25) is 0 Å². The first-order valence-corrected chi connectivity index (χ1v) is 6.44. The van der Waals surface area contributed by atoms with E-state index in [1.165, 1.54) is 25.5 Å². The highest BCUT2D eigenvalue weighted by Gasteiger charge is 2.32. The molecule has 2 aliphatic carbocycles. The van der Waals surface area contributed by atoms with Gasteiger partial charge in [-0.05, 0) is 54.1 Å². The highest BCUT2D eigenvalue weighted by Crippen LogP contribution is 2.49. The number of hydrogen-bond acceptors (Lipinski definition) is 2. The molecule has 2 nitrogen and oxygen atoms in total. The van der Waals surface area contributed by atoms with Gasteiger partial charge < -0.3 is 10.5 Å². The lowest BCUT2D eigenvalue weighted by Crippen LogP contribution is -2.14. The molecule has 2 bridgehead atoms. The van der Waals surface area contributed by atoms with Crippen molar-refractivity contribution in [1.82, 2.24) is 0 Å². The summed E-state index contributed by atoms with van der Waals surface area (Å²) < 4.78 is 5.52. The molecular formula is C15H19NO. The molecule has 1 unspecified atom stereocenters. The van der Waals surface area contributed by atoms with Gasteiger partial charge in [0.2, 0.25) is 0 Å². The summed E-state index contributed by atoms with van der Waals surface area (Å²) >= 11 is 0. The summed E-state index contributed by atoms with van der Waals surface area (Å²) in [5.41, 5.74) is 12.3. The van der Waals surface area contributed by atoms with Crippen LogP contribution in [0.25, 0.3) is 5.57 Å². The van der Waals surface area contributed by atoms with Crippen LogP contribution >= 0.6 is 0 Å². The molecule has 0 radical (unpaired) electrons. The molecule has 0 spiro atoms. The van der Waals surface area contributed by atoms with Crippen molar-refractivity contribution < 1.29 is 4.74 Å². The second-order valence-electron chi connectivity index (χ2n) is 4.80. The summed E-state index contributed by atoms with van der Waals surface area (Å²) in [4.78, 5) is 0. The summed E-state index contributed by atoms with van der Waals surface area (Å²) in [7, 11) is 1.50. The van der Waals surface area contributed by atoms with Gasteiger partial charge in [0.15, 0.2) is 0 Å². The van der Waals surface area contributed by atoms with Crippen molar-refractivity contribution in [2.24, 2.45) is 5.73 Å². The Kier molecular flexibility index (Phi) is 2.77. The molecule has 90 valence electrons. The Bertz CT molecular complexity index is 476. The van der Waals surface area contributed by atoms with Crippen molar-refractivity contribution >= 4 is 5.57 Å². The van der Waals surface area contributed by atoms with Crippen molar-refractivity contribution in [1.29, 1.82) is 0 Å². The van der Waals surface area contributed by atoms with Crippen LogP contribution in [0.2, 0.25) is 0 Å². The van der Waals surface area contributed by atoms with Gasteiger partial charge in [0, 0.05) is 5.92 Å². The Balaban J connectivity index is 0.000000431. The average molecular weight is 229 g/mol. The van der Waals surface area contributed by atoms with Crippen molar-refractivity contribution in [2.75, 3.05) is 13.7 Å². The third kappa shape index (κ3) is 1.55. The summed E-state index contributed by atoms with van der Waals surface area (Å²) in [6.07, 6.45) is 6.25. The number of nitrogens with two attached hydrogens (primary N) is 1. The molecule has 4 rings (SSSR count). The third-order valence-electron chi connectivity index (χ3n) is 4.05. The van der Waals surface area contributed by atoms with Gasteiger partial charge in [0.1, 0.15) is 0 Å². The topological polar surface area (TPSA) is 35.2 Å². The number of rotatable bonds is 0. The first-order valence-electron chi connectivity index (χ1n) is 6.44. The predicted octanol–water partition coefficient (Wildman–Crippen LogP) is 2.61. The third-order valence-corrected chi connectivity index (χ3v) is 4.05. The molecule has 2 N–H and O–H groups in total. The Morgan fingerprint density at radius 1 is 1.24 bits per heavy atom. The van der Waals surface area contributed by atoms with E-state index in [-0.39, 0.29) is 0 Å². The second kappa shape index (κ2) is 4.28. The lowest BCUT2D eigenvalue weighted by atomic mass is 9.83. The predicted molar refractivity (Wildman–Crippen MR) is 69.9 cm³/mol. The van der Waals surface area contributed by atoms with E-state index in [0.29, 0.717) is 0 Å². The highest BCUT2D eigenvalue weighted by molar-refractivity contribution is 5.79. The van der Waals surface area contributed by atoms with Gasteiger partial charge in [0.05, 0.1) is 13.2 Å². The molecule has 3 aliphatic rings. The molecule has 17 heavy (non-hydrogen) atoms. The Morgan fingerprint density at radius 2 is 2.12 bits per heavy atom. The zero-order valence-electron chi connectivity index (χ0n) is 10.3. The van der Waals surface area contributed by atoms with Crippen LogP contribution in [0, 0.1) is 0 Å². The van der Waals surface area contributed by atoms with Gasteiger partial charge in [-0.25, -0.2) is 0 Å². The van der Waals surface area contributed by atoms with Crippen LogP contribution in [0.15, 0.2) is 18.2 Å². The SMILES string of the molecule is C1=C2CCC1c1c2ccc2c1CCOC2.CN. The van der Waals surface area contributed by atoms with Crippen LogP contribution in [0.1, 0.15) is 41.0 Å². The lowest BCUT2D eigenvalue weighted by molar-refractivity contribution is 0.110. The lowest BCUT2D eigenvalue weighted by Gasteiger charge is -2.25. The maximum absolute atomic E-state index is 5.52. The fourth-order valence-electron chi connectivity index (χ4n) is 3.37. The molecule has 1 aliphatic heterocycles.